The van der Waals surface area contributed by atoms with Gasteiger partial charge in [0.15, 0.2) is 0 Å². The molecule has 3 aromatic rings. The molecule has 7 nitrogen and oxygen atoms in total. The number of H-pyrrole nitrogens is 1. The van der Waals surface area contributed by atoms with Crippen molar-refractivity contribution >= 4 is 22.8 Å². The summed E-state index contributed by atoms with van der Waals surface area (Å²) in [6.07, 6.45) is 5.13. The van der Waals surface area contributed by atoms with Gasteiger partial charge in [-0.1, -0.05) is 43.7 Å². The molecule has 0 fully saturated rings. The van der Waals surface area contributed by atoms with Crippen molar-refractivity contribution in [3.63, 3.8) is 0 Å². The summed E-state index contributed by atoms with van der Waals surface area (Å²) in [5.74, 6) is -0.467. The van der Waals surface area contributed by atoms with E-state index in [0.29, 0.717) is 45.6 Å². The minimum atomic E-state index is -0.316. The zero-order valence-corrected chi connectivity index (χ0v) is 21.3. The molecule has 0 aliphatic heterocycles. The molecule has 0 unspecified atom stereocenters. The van der Waals surface area contributed by atoms with Gasteiger partial charge in [-0.15, -0.1) is 0 Å². The first-order valence-electron chi connectivity index (χ1n) is 12.6. The number of hydrogen-bond acceptors (Lipinski definition) is 3. The van der Waals surface area contributed by atoms with Crippen molar-refractivity contribution in [2.45, 2.75) is 39.2 Å². The number of unbranched alkanes of at least 4 members (excludes halogenated alkanes) is 1. The molecule has 1 heterocycles. The molecule has 0 radical (unpaired) electrons. The highest BCUT2D eigenvalue weighted by molar-refractivity contribution is 5.85. The first-order valence-corrected chi connectivity index (χ1v) is 12.6. The Hall–Kier alpha value is -3.39. The number of halogens is 1. The van der Waals surface area contributed by atoms with Gasteiger partial charge in [-0.3, -0.25) is 4.79 Å². The minimum absolute atomic E-state index is 0.0310. The highest BCUT2D eigenvalue weighted by Crippen LogP contribution is 2.19. The number of aromatic nitrogens is 1. The lowest BCUT2D eigenvalue weighted by molar-refractivity contribution is -0.132. The summed E-state index contributed by atoms with van der Waals surface area (Å²) in [5, 5.41) is 4.04. The number of nitrogens with zero attached hydrogens (tertiary/aromatic N) is 2. The van der Waals surface area contributed by atoms with E-state index in [9.17, 15) is 14.0 Å². The van der Waals surface area contributed by atoms with Crippen LogP contribution in [0.3, 0.4) is 0 Å². The largest absolute Gasteiger partial charge is 0.385 e. The summed E-state index contributed by atoms with van der Waals surface area (Å²) < 4.78 is 18.6. The number of hydrogen-bond donors (Lipinski definition) is 2. The predicted octanol–water partition coefficient (Wildman–Crippen LogP) is 4.73. The molecule has 3 rings (SSSR count). The van der Waals surface area contributed by atoms with E-state index in [4.69, 9.17) is 4.74 Å². The van der Waals surface area contributed by atoms with Gasteiger partial charge < -0.3 is 24.8 Å². The molecule has 0 aliphatic carbocycles. The minimum Gasteiger partial charge on any atom is -0.385 e. The van der Waals surface area contributed by atoms with Crippen LogP contribution < -0.4 is 5.32 Å². The maximum Gasteiger partial charge on any atom is 0.317 e. The zero-order valence-electron chi connectivity index (χ0n) is 21.3. The van der Waals surface area contributed by atoms with Crippen molar-refractivity contribution in [3.05, 3.63) is 71.7 Å². The Morgan fingerprint density at radius 3 is 2.56 bits per heavy atom. The Labute approximate surface area is 212 Å². The second kappa shape index (κ2) is 14.2. The summed E-state index contributed by atoms with van der Waals surface area (Å²) >= 11 is 0. The van der Waals surface area contributed by atoms with Crippen molar-refractivity contribution in [3.8, 4) is 0 Å². The van der Waals surface area contributed by atoms with E-state index in [0.717, 1.165) is 34.9 Å². The third-order valence-electron chi connectivity index (χ3n) is 6.16. The topological polar surface area (TPSA) is 77.7 Å². The lowest BCUT2D eigenvalue weighted by Crippen LogP contribution is -2.47. The number of para-hydroxylation sites is 1. The van der Waals surface area contributed by atoms with Crippen molar-refractivity contribution in [2.24, 2.45) is 0 Å². The molecule has 0 saturated heterocycles. The third-order valence-corrected chi connectivity index (χ3v) is 6.16. The van der Waals surface area contributed by atoms with Crippen molar-refractivity contribution in [1.29, 1.82) is 0 Å². The fourth-order valence-electron chi connectivity index (χ4n) is 4.10. The van der Waals surface area contributed by atoms with Crippen LogP contribution in [0.25, 0.3) is 10.9 Å². The monoisotopic (exact) mass is 496 g/mol. The summed E-state index contributed by atoms with van der Waals surface area (Å²) in [6, 6.07) is 14.0. The molecule has 0 atom stereocenters. The van der Waals surface area contributed by atoms with Crippen LogP contribution >= 0.6 is 0 Å². The molecule has 0 bridgehead atoms. The van der Waals surface area contributed by atoms with E-state index in [1.54, 1.807) is 29.0 Å². The summed E-state index contributed by atoms with van der Waals surface area (Å²) in [4.78, 5) is 32.9. The van der Waals surface area contributed by atoms with E-state index < -0.39 is 0 Å². The molecule has 3 amide bonds. The standard InChI is InChI=1S/C28H37FN4O3/c1-3-4-15-30-28(35)33(16-7-18-36-2)21-27(34)32(20-22-10-12-24(29)13-11-22)17-14-23-19-31-26-9-6-5-8-25(23)26/h5-6,8-13,19,31H,3-4,7,14-18,20-21H2,1-2H3,(H,30,35). The highest BCUT2D eigenvalue weighted by atomic mass is 19.1. The molecule has 194 valence electrons. The number of amides is 3. The molecule has 0 saturated carbocycles. The first kappa shape index (κ1) is 27.2. The molecule has 36 heavy (non-hydrogen) atoms. The van der Waals surface area contributed by atoms with Crippen LogP contribution in [0.5, 0.6) is 0 Å². The number of carbonyl (C=O) groups is 2. The van der Waals surface area contributed by atoms with Crippen molar-refractivity contribution in [1.82, 2.24) is 20.1 Å². The van der Waals surface area contributed by atoms with E-state index in [-0.39, 0.29) is 24.3 Å². The number of aromatic amines is 1. The van der Waals surface area contributed by atoms with Gasteiger partial charge in [0.25, 0.3) is 0 Å². The molecule has 0 aliphatic rings. The Morgan fingerprint density at radius 2 is 1.81 bits per heavy atom. The zero-order chi connectivity index (χ0) is 25.8. The molecule has 0 spiro atoms. The number of nitrogens with one attached hydrogen (secondary N) is 2. The average Bonchev–Trinajstić information content (AvgIpc) is 3.30. The number of fused-ring (bicyclic) bond motifs is 1. The first-order chi connectivity index (χ1) is 17.5. The van der Waals surface area contributed by atoms with E-state index >= 15 is 0 Å². The van der Waals surface area contributed by atoms with E-state index in [1.165, 1.54) is 12.1 Å². The Morgan fingerprint density at radius 1 is 1.03 bits per heavy atom. The quantitative estimate of drug-likeness (QED) is 0.317. The van der Waals surface area contributed by atoms with Crippen molar-refractivity contribution < 1.29 is 18.7 Å². The summed E-state index contributed by atoms with van der Waals surface area (Å²) in [5.41, 5.74) is 3.01. The van der Waals surface area contributed by atoms with Crippen LogP contribution in [0.4, 0.5) is 9.18 Å². The lowest BCUT2D eigenvalue weighted by atomic mass is 10.1. The summed E-state index contributed by atoms with van der Waals surface area (Å²) in [7, 11) is 1.62. The Bertz CT molecular complexity index is 1100. The second-order valence-electron chi connectivity index (χ2n) is 8.90. The normalized spacial score (nSPS) is 11.0. The van der Waals surface area contributed by atoms with Crippen LogP contribution in [0, 0.1) is 5.82 Å². The van der Waals surface area contributed by atoms with Gasteiger partial charge in [-0.25, -0.2) is 9.18 Å². The number of methoxy groups -OCH3 is 1. The fraction of sp³-hybridized carbons (Fsp3) is 0.429. The van der Waals surface area contributed by atoms with Gasteiger partial charge >= 0.3 is 6.03 Å². The van der Waals surface area contributed by atoms with Gasteiger partial charge in [-0.2, -0.15) is 0 Å². The predicted molar refractivity (Wildman–Crippen MR) is 140 cm³/mol. The van der Waals surface area contributed by atoms with E-state index in [2.05, 4.69) is 23.3 Å². The van der Waals surface area contributed by atoms with Crippen LogP contribution in [0.15, 0.2) is 54.7 Å². The number of carbonyl (C=O) groups excluding carboxylic acids is 2. The van der Waals surface area contributed by atoms with Gasteiger partial charge in [0, 0.05) is 57.0 Å². The smallest absolute Gasteiger partial charge is 0.317 e. The maximum atomic E-state index is 13.5. The maximum absolute atomic E-state index is 13.5. The molecule has 2 aromatic carbocycles. The number of ether oxygens (including phenoxy) is 1. The molecular formula is C28H37FN4O3. The number of benzene rings is 2. The third kappa shape index (κ3) is 8.09. The van der Waals surface area contributed by atoms with Crippen LogP contribution in [0.1, 0.15) is 37.3 Å². The highest BCUT2D eigenvalue weighted by Gasteiger charge is 2.22. The number of urea groups is 1. The van der Waals surface area contributed by atoms with Gasteiger partial charge in [0.05, 0.1) is 0 Å². The Balaban J connectivity index is 1.74. The van der Waals surface area contributed by atoms with Gasteiger partial charge in [-0.05, 0) is 48.6 Å². The van der Waals surface area contributed by atoms with Crippen LogP contribution in [0.2, 0.25) is 0 Å². The van der Waals surface area contributed by atoms with E-state index in [1.807, 2.05) is 24.4 Å². The summed E-state index contributed by atoms with van der Waals surface area (Å²) in [6.45, 7) is 4.34. The molecule has 2 N–H and O–H groups in total. The van der Waals surface area contributed by atoms with Crippen LogP contribution in [-0.2, 0) is 22.5 Å². The van der Waals surface area contributed by atoms with Crippen LogP contribution in [-0.4, -0.2) is 66.6 Å². The molecule has 1 aromatic heterocycles. The van der Waals surface area contributed by atoms with Gasteiger partial charge in [0.2, 0.25) is 5.91 Å². The number of rotatable bonds is 14. The van der Waals surface area contributed by atoms with Crippen molar-refractivity contribution in [2.75, 3.05) is 39.9 Å². The lowest BCUT2D eigenvalue weighted by Gasteiger charge is -2.28. The molecular weight excluding hydrogens is 459 g/mol. The van der Waals surface area contributed by atoms with Gasteiger partial charge in [0.1, 0.15) is 12.4 Å². The molecule has 8 heteroatoms. The SMILES string of the molecule is CCCCNC(=O)N(CCCOC)CC(=O)N(CCc1c[nH]c2ccccc12)Cc1ccc(F)cc1. The Kier molecular flexibility index (Phi) is 10.8. The second-order valence-corrected chi connectivity index (χ2v) is 8.90. The average molecular weight is 497 g/mol. The fourth-order valence-corrected chi connectivity index (χ4v) is 4.10.